The number of ether oxygens (including phenoxy) is 2. The molecule has 118 valence electrons. The number of anilines is 1. The molecule has 0 unspecified atom stereocenters. The molecule has 2 aromatic carbocycles. The summed E-state index contributed by atoms with van der Waals surface area (Å²) in [6.45, 7) is 0.720. The molecule has 0 atom stereocenters. The van der Waals surface area contributed by atoms with Crippen molar-refractivity contribution in [2.75, 3.05) is 25.7 Å². The van der Waals surface area contributed by atoms with Gasteiger partial charge in [-0.05, 0) is 42.3 Å². The van der Waals surface area contributed by atoms with Crippen LogP contribution < -0.4 is 14.4 Å². The van der Waals surface area contributed by atoms with Crippen molar-refractivity contribution < 1.29 is 14.3 Å². The van der Waals surface area contributed by atoms with E-state index in [9.17, 15) is 4.79 Å². The zero-order valence-electron chi connectivity index (χ0n) is 13.3. The molecule has 1 aliphatic heterocycles. The summed E-state index contributed by atoms with van der Waals surface area (Å²) in [6.07, 6.45) is 4.25. The van der Waals surface area contributed by atoms with Gasteiger partial charge >= 0.3 is 0 Å². The lowest BCUT2D eigenvalue weighted by Gasteiger charge is -2.15. The van der Waals surface area contributed by atoms with E-state index in [0.29, 0.717) is 5.75 Å². The van der Waals surface area contributed by atoms with Gasteiger partial charge in [-0.3, -0.25) is 4.79 Å². The van der Waals surface area contributed by atoms with Crippen molar-refractivity contribution in [2.24, 2.45) is 0 Å². The van der Waals surface area contributed by atoms with Gasteiger partial charge in [-0.15, -0.1) is 0 Å². The van der Waals surface area contributed by atoms with Crippen molar-refractivity contribution in [1.82, 2.24) is 0 Å². The van der Waals surface area contributed by atoms with Gasteiger partial charge in [0.2, 0.25) is 0 Å². The largest absolute Gasteiger partial charge is 0.497 e. The monoisotopic (exact) mass is 309 g/mol. The Labute approximate surface area is 135 Å². The van der Waals surface area contributed by atoms with E-state index < -0.39 is 0 Å². The van der Waals surface area contributed by atoms with Crippen LogP contribution in [0.15, 0.2) is 48.5 Å². The van der Waals surface area contributed by atoms with Gasteiger partial charge in [0.15, 0.2) is 0 Å². The first kappa shape index (κ1) is 15.2. The van der Waals surface area contributed by atoms with Gasteiger partial charge in [-0.25, -0.2) is 0 Å². The van der Waals surface area contributed by atoms with Crippen LogP contribution in [0.2, 0.25) is 0 Å². The number of amides is 1. The maximum absolute atomic E-state index is 12.5. The molecule has 0 radical (unpaired) electrons. The molecule has 0 aliphatic carbocycles. The summed E-state index contributed by atoms with van der Waals surface area (Å²) in [5.74, 6) is 1.40. The Morgan fingerprint density at radius 3 is 2.74 bits per heavy atom. The van der Waals surface area contributed by atoms with E-state index in [0.717, 1.165) is 30.0 Å². The number of rotatable bonds is 4. The van der Waals surface area contributed by atoms with E-state index in [2.05, 4.69) is 6.07 Å². The fourth-order valence-electron chi connectivity index (χ4n) is 2.79. The molecule has 4 nitrogen and oxygen atoms in total. The number of nitrogens with zero attached hydrogens (tertiary/aromatic N) is 1. The lowest BCUT2D eigenvalue weighted by Crippen LogP contribution is -2.26. The van der Waals surface area contributed by atoms with Crippen molar-refractivity contribution in [1.29, 1.82) is 0 Å². The molecule has 0 fully saturated rings. The molecule has 1 heterocycles. The Bertz CT molecular complexity index is 752. The smallest absolute Gasteiger partial charge is 0.251 e. The summed E-state index contributed by atoms with van der Waals surface area (Å²) >= 11 is 0. The molecule has 2 aromatic rings. The van der Waals surface area contributed by atoms with Crippen LogP contribution in [0.25, 0.3) is 6.08 Å². The predicted octanol–water partition coefficient (Wildman–Crippen LogP) is 3.31. The van der Waals surface area contributed by atoms with Crippen LogP contribution in [0.5, 0.6) is 11.5 Å². The number of methoxy groups -OCH3 is 2. The molecule has 1 aliphatic rings. The number of carbonyl (C=O) groups excluding carboxylic acids is 1. The lowest BCUT2D eigenvalue weighted by atomic mass is 10.1. The minimum absolute atomic E-state index is 0.0279. The van der Waals surface area contributed by atoms with Crippen LogP contribution in [0, 0.1) is 0 Å². The maximum Gasteiger partial charge on any atom is 0.251 e. The summed E-state index contributed by atoms with van der Waals surface area (Å²) < 4.78 is 10.5. The Balaban J connectivity index is 1.82. The highest BCUT2D eigenvalue weighted by atomic mass is 16.5. The van der Waals surface area contributed by atoms with Crippen LogP contribution in [0.3, 0.4) is 0 Å². The van der Waals surface area contributed by atoms with Gasteiger partial charge in [-0.2, -0.15) is 0 Å². The van der Waals surface area contributed by atoms with Gasteiger partial charge in [0.25, 0.3) is 5.91 Å². The molecule has 0 spiro atoms. The van der Waals surface area contributed by atoms with E-state index >= 15 is 0 Å². The average molecular weight is 309 g/mol. The molecule has 0 aromatic heterocycles. The Morgan fingerprint density at radius 1 is 1.13 bits per heavy atom. The third kappa shape index (κ3) is 3.06. The Hall–Kier alpha value is -2.75. The first-order valence-corrected chi connectivity index (χ1v) is 7.52. The van der Waals surface area contributed by atoms with Crippen molar-refractivity contribution in [2.45, 2.75) is 6.42 Å². The van der Waals surface area contributed by atoms with Crippen molar-refractivity contribution in [3.8, 4) is 11.5 Å². The second kappa shape index (κ2) is 6.57. The van der Waals surface area contributed by atoms with Crippen molar-refractivity contribution in [3.05, 3.63) is 59.7 Å². The van der Waals surface area contributed by atoms with Gasteiger partial charge in [0, 0.05) is 23.9 Å². The number of para-hydroxylation sites is 1. The van der Waals surface area contributed by atoms with Crippen molar-refractivity contribution >= 4 is 17.7 Å². The van der Waals surface area contributed by atoms with E-state index in [1.54, 1.807) is 31.3 Å². The fraction of sp³-hybridized carbons (Fsp3) is 0.211. The molecule has 0 saturated carbocycles. The molecule has 1 amide bonds. The van der Waals surface area contributed by atoms with Gasteiger partial charge in [0.05, 0.1) is 14.2 Å². The summed E-state index contributed by atoms with van der Waals surface area (Å²) in [6, 6.07) is 13.5. The molecular formula is C19H19NO3. The van der Waals surface area contributed by atoms with Crippen molar-refractivity contribution in [3.63, 3.8) is 0 Å². The number of carbonyl (C=O) groups is 1. The summed E-state index contributed by atoms with van der Waals surface area (Å²) in [5, 5.41) is 0. The topological polar surface area (TPSA) is 38.8 Å². The summed E-state index contributed by atoms with van der Waals surface area (Å²) in [7, 11) is 3.22. The highest BCUT2D eigenvalue weighted by molar-refractivity contribution is 6.05. The first-order valence-electron chi connectivity index (χ1n) is 7.52. The van der Waals surface area contributed by atoms with Gasteiger partial charge in [-0.1, -0.05) is 18.2 Å². The van der Waals surface area contributed by atoms with E-state index in [1.165, 1.54) is 5.56 Å². The van der Waals surface area contributed by atoms with Crippen LogP contribution in [-0.2, 0) is 11.2 Å². The summed E-state index contributed by atoms with van der Waals surface area (Å²) in [4.78, 5) is 14.3. The molecule has 0 bridgehead atoms. The van der Waals surface area contributed by atoms with Crippen LogP contribution in [0.4, 0.5) is 5.69 Å². The third-order valence-corrected chi connectivity index (χ3v) is 4.00. The Kier molecular flexibility index (Phi) is 4.33. The molecule has 0 saturated heterocycles. The highest BCUT2D eigenvalue weighted by Gasteiger charge is 2.22. The second-order valence-corrected chi connectivity index (χ2v) is 5.31. The van der Waals surface area contributed by atoms with Crippen LogP contribution >= 0.6 is 0 Å². The SMILES string of the molecule is COc1ccc(OC)c(C=CC(=O)N2CCc3ccccc32)c1. The normalized spacial score (nSPS) is 13.2. The summed E-state index contributed by atoms with van der Waals surface area (Å²) in [5.41, 5.74) is 3.03. The Morgan fingerprint density at radius 2 is 1.96 bits per heavy atom. The number of hydrogen-bond acceptors (Lipinski definition) is 3. The van der Waals surface area contributed by atoms with Gasteiger partial charge in [0.1, 0.15) is 11.5 Å². The molecule has 0 N–H and O–H groups in total. The molecule has 4 heteroatoms. The zero-order valence-corrected chi connectivity index (χ0v) is 13.3. The number of fused-ring (bicyclic) bond motifs is 1. The standard InChI is InChI=1S/C19H19NO3/c1-22-16-8-9-18(23-2)15(13-16)7-10-19(21)20-12-11-14-5-3-4-6-17(14)20/h3-10,13H,11-12H2,1-2H3. The predicted molar refractivity (Wildman–Crippen MR) is 91.1 cm³/mol. The van der Waals surface area contributed by atoms with E-state index in [1.807, 2.05) is 36.4 Å². The molecule has 3 rings (SSSR count). The fourth-order valence-corrected chi connectivity index (χ4v) is 2.79. The average Bonchev–Trinajstić information content (AvgIpc) is 3.03. The molecule has 23 heavy (non-hydrogen) atoms. The highest BCUT2D eigenvalue weighted by Crippen LogP contribution is 2.28. The zero-order chi connectivity index (χ0) is 16.2. The van der Waals surface area contributed by atoms with E-state index in [4.69, 9.17) is 9.47 Å². The minimum atomic E-state index is -0.0279. The van der Waals surface area contributed by atoms with Gasteiger partial charge < -0.3 is 14.4 Å². The second-order valence-electron chi connectivity index (χ2n) is 5.31. The minimum Gasteiger partial charge on any atom is -0.497 e. The first-order chi connectivity index (χ1) is 11.2. The lowest BCUT2D eigenvalue weighted by molar-refractivity contribution is -0.114. The third-order valence-electron chi connectivity index (χ3n) is 4.00. The van der Waals surface area contributed by atoms with Crippen LogP contribution in [0.1, 0.15) is 11.1 Å². The quantitative estimate of drug-likeness (QED) is 0.813. The maximum atomic E-state index is 12.5. The number of benzene rings is 2. The van der Waals surface area contributed by atoms with Crippen LogP contribution in [-0.4, -0.2) is 26.7 Å². The van der Waals surface area contributed by atoms with E-state index in [-0.39, 0.29) is 5.91 Å². The molecular weight excluding hydrogens is 290 g/mol. The number of hydrogen-bond donors (Lipinski definition) is 0.